The molecule has 3 nitrogen and oxygen atoms in total. The zero-order chi connectivity index (χ0) is 7.83. The Morgan fingerprint density at radius 1 is 1.42 bits per heavy atom. The molecule has 0 spiro atoms. The molecular weight excluding hydrogens is 219 g/mol. The van der Waals surface area contributed by atoms with Gasteiger partial charge in [0.25, 0.3) is 0 Å². The first-order chi connectivity index (χ1) is 4.46. The van der Waals surface area contributed by atoms with Crippen molar-refractivity contribution >= 4 is 34.5 Å². The Morgan fingerprint density at radius 3 is 2.17 bits per heavy atom. The van der Waals surface area contributed by atoms with Crippen molar-refractivity contribution in [3.8, 4) is 0 Å². The monoisotopic (exact) mass is 234 g/mol. The summed E-state index contributed by atoms with van der Waals surface area (Å²) in [4.78, 5) is 0. The maximum Gasteiger partial charge on any atom is 0.0607 e. The minimum absolute atomic E-state index is 0. The molecule has 1 saturated heterocycles. The first-order valence-corrected chi connectivity index (χ1v) is 5.15. The van der Waals surface area contributed by atoms with E-state index >= 15 is 0 Å². The number of halogens is 2. The van der Waals surface area contributed by atoms with Gasteiger partial charge < -0.3 is 5.32 Å². The molecule has 76 valence electrons. The Labute approximate surface area is 86.5 Å². The molecule has 2 N–H and O–H groups in total. The highest BCUT2D eigenvalue weighted by atomic mass is 35.5. The van der Waals surface area contributed by atoms with Crippen LogP contribution in [0.4, 0.5) is 0 Å². The lowest BCUT2D eigenvalue weighted by Crippen LogP contribution is -2.50. The van der Waals surface area contributed by atoms with Gasteiger partial charge in [-0.3, -0.25) is 4.78 Å². The molecule has 1 aliphatic rings. The van der Waals surface area contributed by atoms with Crippen LogP contribution in [0.2, 0.25) is 0 Å². The number of rotatable bonds is 0. The lowest BCUT2D eigenvalue weighted by atomic mass is 10.2. The van der Waals surface area contributed by atoms with Crippen LogP contribution < -0.4 is 5.32 Å². The Bertz CT molecular complexity index is 226. The first kappa shape index (κ1) is 15.0. The Morgan fingerprint density at radius 2 is 1.92 bits per heavy atom. The molecule has 0 radical (unpaired) electrons. The van der Waals surface area contributed by atoms with E-state index in [4.69, 9.17) is 4.78 Å². The molecule has 0 saturated carbocycles. The van der Waals surface area contributed by atoms with Gasteiger partial charge in [-0.25, -0.2) is 4.21 Å². The molecule has 0 aliphatic carbocycles. The average molecular weight is 235 g/mol. The van der Waals surface area contributed by atoms with Gasteiger partial charge in [0.15, 0.2) is 0 Å². The first-order valence-electron chi connectivity index (χ1n) is 3.42. The van der Waals surface area contributed by atoms with E-state index < -0.39 is 9.73 Å². The van der Waals surface area contributed by atoms with Gasteiger partial charge in [-0.05, 0) is 13.8 Å². The minimum atomic E-state index is -2.32. The van der Waals surface area contributed by atoms with Crippen LogP contribution in [-0.4, -0.2) is 27.8 Å². The van der Waals surface area contributed by atoms with Gasteiger partial charge in [0.2, 0.25) is 0 Å². The van der Waals surface area contributed by atoms with Crippen molar-refractivity contribution in [2.24, 2.45) is 0 Å². The normalized spacial score (nSPS) is 32.8. The lowest BCUT2D eigenvalue weighted by molar-refractivity contribution is 0.541. The fourth-order valence-corrected chi connectivity index (χ4v) is 2.32. The lowest BCUT2D eigenvalue weighted by Gasteiger charge is -2.32. The predicted molar refractivity (Wildman–Crippen MR) is 57.2 cm³/mol. The third kappa shape index (κ3) is 2.76. The SMILES string of the molecule is CC1(C)CNCCS1(=N)=O.Cl.Cl. The topological polar surface area (TPSA) is 53.0 Å². The Kier molecular flexibility index (Phi) is 5.81. The Balaban J connectivity index is 0. The van der Waals surface area contributed by atoms with Gasteiger partial charge in [-0.1, -0.05) is 0 Å². The molecule has 0 aromatic rings. The second kappa shape index (κ2) is 4.65. The second-order valence-electron chi connectivity index (χ2n) is 3.32. The van der Waals surface area contributed by atoms with Crippen LogP contribution in [0.15, 0.2) is 0 Å². The maximum atomic E-state index is 11.5. The molecule has 0 bridgehead atoms. The molecular formula is C6H16Cl2N2OS. The largest absolute Gasteiger partial charge is 0.314 e. The maximum absolute atomic E-state index is 11.5. The molecule has 0 aromatic heterocycles. The molecule has 1 heterocycles. The summed E-state index contributed by atoms with van der Waals surface area (Å²) in [5.41, 5.74) is 0. The van der Waals surface area contributed by atoms with Gasteiger partial charge in [-0.2, -0.15) is 0 Å². The van der Waals surface area contributed by atoms with Crippen LogP contribution in [0.1, 0.15) is 13.8 Å². The smallest absolute Gasteiger partial charge is 0.0607 e. The summed E-state index contributed by atoms with van der Waals surface area (Å²) < 4.78 is 18.7. The van der Waals surface area contributed by atoms with Crippen LogP contribution >= 0.6 is 24.8 Å². The number of hydrogen-bond acceptors (Lipinski definition) is 3. The third-order valence-corrected chi connectivity index (χ3v) is 4.72. The van der Waals surface area contributed by atoms with Crippen LogP contribution in [-0.2, 0) is 9.73 Å². The Hall–Kier alpha value is 0.490. The van der Waals surface area contributed by atoms with Gasteiger partial charge in [0.1, 0.15) is 0 Å². The zero-order valence-electron chi connectivity index (χ0n) is 7.25. The quantitative estimate of drug-likeness (QED) is 0.664. The standard InChI is InChI=1S/C6H14N2OS.2ClH/c1-6(2)5-8-3-4-10(6,7)9;;/h7-8H,3-5H2,1-2H3;2*1H. The number of hydrogen-bond donors (Lipinski definition) is 2. The van der Waals surface area contributed by atoms with E-state index in [9.17, 15) is 4.21 Å². The molecule has 1 aliphatic heterocycles. The van der Waals surface area contributed by atoms with E-state index in [1.54, 1.807) is 0 Å². The molecule has 6 heteroatoms. The summed E-state index contributed by atoms with van der Waals surface area (Å²) in [6.45, 7) is 5.20. The van der Waals surface area contributed by atoms with Crippen LogP contribution in [0, 0.1) is 4.78 Å². The highest BCUT2D eigenvalue weighted by Crippen LogP contribution is 2.19. The van der Waals surface area contributed by atoms with Crippen molar-refractivity contribution in [3.05, 3.63) is 0 Å². The molecule has 0 aromatic carbocycles. The summed E-state index contributed by atoms with van der Waals surface area (Å²) in [7, 11) is -2.32. The van der Waals surface area contributed by atoms with Gasteiger partial charge in [-0.15, -0.1) is 24.8 Å². The van der Waals surface area contributed by atoms with Crippen molar-refractivity contribution in [1.29, 1.82) is 4.78 Å². The van der Waals surface area contributed by atoms with Crippen molar-refractivity contribution in [1.82, 2.24) is 5.32 Å². The van der Waals surface area contributed by atoms with Gasteiger partial charge in [0, 0.05) is 18.8 Å². The fraction of sp³-hybridized carbons (Fsp3) is 1.00. The van der Waals surface area contributed by atoms with E-state index in [0.29, 0.717) is 12.3 Å². The predicted octanol–water partition coefficient (Wildman–Crippen LogP) is 1.26. The molecule has 12 heavy (non-hydrogen) atoms. The molecule has 1 rings (SSSR count). The van der Waals surface area contributed by atoms with E-state index in [-0.39, 0.29) is 29.6 Å². The van der Waals surface area contributed by atoms with Crippen molar-refractivity contribution in [2.75, 3.05) is 18.8 Å². The molecule has 1 fully saturated rings. The van der Waals surface area contributed by atoms with E-state index in [1.165, 1.54) is 0 Å². The highest BCUT2D eigenvalue weighted by Gasteiger charge is 2.32. The highest BCUT2D eigenvalue weighted by molar-refractivity contribution is 7.93. The summed E-state index contributed by atoms with van der Waals surface area (Å²) in [5, 5.41) is 3.13. The summed E-state index contributed by atoms with van der Waals surface area (Å²) in [5.74, 6) is 0.500. The van der Waals surface area contributed by atoms with E-state index in [1.807, 2.05) is 13.8 Å². The summed E-state index contributed by atoms with van der Waals surface area (Å²) in [6, 6.07) is 0. The zero-order valence-corrected chi connectivity index (χ0v) is 9.70. The van der Waals surface area contributed by atoms with Crippen LogP contribution in [0.3, 0.4) is 0 Å². The van der Waals surface area contributed by atoms with Crippen molar-refractivity contribution < 1.29 is 4.21 Å². The van der Waals surface area contributed by atoms with E-state index in [0.717, 1.165) is 6.54 Å². The van der Waals surface area contributed by atoms with Crippen LogP contribution in [0.5, 0.6) is 0 Å². The fourth-order valence-electron chi connectivity index (χ4n) is 0.998. The van der Waals surface area contributed by atoms with Crippen molar-refractivity contribution in [3.63, 3.8) is 0 Å². The molecule has 0 amide bonds. The molecule has 1 unspecified atom stereocenters. The number of nitrogens with one attached hydrogen (secondary N) is 2. The summed E-state index contributed by atoms with van der Waals surface area (Å²) in [6.07, 6.45) is 0. The van der Waals surface area contributed by atoms with Crippen LogP contribution in [0.25, 0.3) is 0 Å². The second-order valence-corrected chi connectivity index (χ2v) is 6.18. The summed E-state index contributed by atoms with van der Waals surface area (Å²) >= 11 is 0. The van der Waals surface area contributed by atoms with Gasteiger partial charge in [0.05, 0.1) is 14.5 Å². The molecule has 1 atom stereocenters. The average Bonchev–Trinajstić information content (AvgIpc) is 1.77. The minimum Gasteiger partial charge on any atom is -0.314 e. The van der Waals surface area contributed by atoms with E-state index in [2.05, 4.69) is 5.32 Å². The third-order valence-electron chi connectivity index (χ3n) is 2.01. The van der Waals surface area contributed by atoms with Gasteiger partial charge >= 0.3 is 0 Å². The van der Waals surface area contributed by atoms with Crippen molar-refractivity contribution in [2.45, 2.75) is 18.6 Å².